The highest BCUT2D eigenvalue weighted by Crippen LogP contribution is 2.40. The van der Waals surface area contributed by atoms with Crippen LogP contribution in [0.3, 0.4) is 0 Å². The molecule has 0 saturated carbocycles. The Morgan fingerprint density at radius 2 is 2.00 bits per heavy atom. The van der Waals surface area contributed by atoms with Crippen LogP contribution in [0.4, 0.5) is 4.39 Å². The molecule has 136 valence electrons. The van der Waals surface area contributed by atoms with E-state index in [0.29, 0.717) is 25.9 Å². The van der Waals surface area contributed by atoms with Crippen LogP contribution in [0, 0.1) is 11.2 Å². The van der Waals surface area contributed by atoms with Gasteiger partial charge in [0, 0.05) is 26.7 Å². The van der Waals surface area contributed by atoms with Gasteiger partial charge in [0.1, 0.15) is 5.82 Å². The van der Waals surface area contributed by atoms with Gasteiger partial charge < -0.3 is 9.80 Å². The first kappa shape index (κ1) is 17.8. The van der Waals surface area contributed by atoms with Gasteiger partial charge in [-0.15, -0.1) is 0 Å². The van der Waals surface area contributed by atoms with E-state index in [4.69, 9.17) is 5.14 Å². The molecular formula is C16H20FN3O4S. The molecule has 2 heterocycles. The summed E-state index contributed by atoms with van der Waals surface area (Å²) in [6.07, 6.45) is 2.08. The monoisotopic (exact) mass is 369 g/mol. The minimum Gasteiger partial charge on any atom is -0.345 e. The quantitative estimate of drug-likeness (QED) is 0.823. The first-order chi connectivity index (χ1) is 11.6. The van der Waals surface area contributed by atoms with Crippen LogP contribution in [0.2, 0.25) is 0 Å². The molecule has 9 heteroatoms. The van der Waals surface area contributed by atoms with E-state index in [1.165, 1.54) is 4.90 Å². The molecule has 2 amide bonds. The van der Waals surface area contributed by atoms with Gasteiger partial charge in [-0.3, -0.25) is 9.59 Å². The second kappa shape index (κ2) is 6.06. The number of likely N-dealkylation sites (tertiary alicyclic amines) is 2. The van der Waals surface area contributed by atoms with E-state index >= 15 is 0 Å². The molecule has 1 aromatic rings. The lowest BCUT2D eigenvalue weighted by molar-refractivity contribution is -0.143. The van der Waals surface area contributed by atoms with Crippen LogP contribution in [-0.4, -0.2) is 56.7 Å². The van der Waals surface area contributed by atoms with Crippen molar-refractivity contribution in [2.75, 3.05) is 26.7 Å². The van der Waals surface area contributed by atoms with Crippen molar-refractivity contribution in [3.63, 3.8) is 0 Å². The van der Waals surface area contributed by atoms with Gasteiger partial charge in [0.15, 0.2) is 0 Å². The summed E-state index contributed by atoms with van der Waals surface area (Å²) in [5.74, 6) is -1.43. The minimum absolute atomic E-state index is 0.00723. The van der Waals surface area contributed by atoms with E-state index in [9.17, 15) is 22.4 Å². The molecule has 25 heavy (non-hydrogen) atoms. The number of halogens is 1. The number of rotatable bonds is 2. The molecule has 1 spiro atoms. The highest BCUT2D eigenvalue weighted by molar-refractivity contribution is 7.89. The molecule has 0 aliphatic carbocycles. The fourth-order valence-electron chi connectivity index (χ4n) is 3.71. The highest BCUT2D eigenvalue weighted by Gasteiger charge is 2.48. The Morgan fingerprint density at radius 3 is 2.68 bits per heavy atom. The van der Waals surface area contributed by atoms with Crippen LogP contribution in [0.1, 0.15) is 29.6 Å². The highest BCUT2D eigenvalue weighted by atomic mass is 32.2. The van der Waals surface area contributed by atoms with Crippen molar-refractivity contribution < 1.29 is 22.4 Å². The van der Waals surface area contributed by atoms with Crippen molar-refractivity contribution in [3.8, 4) is 0 Å². The molecule has 3 rings (SSSR count). The number of benzene rings is 1. The van der Waals surface area contributed by atoms with E-state index in [-0.39, 0.29) is 22.9 Å². The van der Waals surface area contributed by atoms with Crippen molar-refractivity contribution in [2.45, 2.75) is 24.2 Å². The summed E-state index contributed by atoms with van der Waals surface area (Å²) >= 11 is 0. The zero-order chi connectivity index (χ0) is 18.4. The molecule has 2 fully saturated rings. The summed E-state index contributed by atoms with van der Waals surface area (Å²) in [7, 11) is -2.30. The van der Waals surface area contributed by atoms with Gasteiger partial charge in [-0.1, -0.05) is 0 Å². The topological polar surface area (TPSA) is 101 Å². The lowest BCUT2D eigenvalue weighted by atomic mass is 9.78. The molecule has 2 N–H and O–H groups in total. The normalized spacial score (nSPS) is 24.2. The van der Waals surface area contributed by atoms with E-state index < -0.39 is 27.2 Å². The molecule has 0 aromatic heterocycles. The number of carbonyl (C=O) groups excluding carboxylic acids is 2. The fraction of sp³-hybridized carbons (Fsp3) is 0.500. The van der Waals surface area contributed by atoms with Gasteiger partial charge in [0.2, 0.25) is 15.9 Å². The van der Waals surface area contributed by atoms with Gasteiger partial charge in [-0.2, -0.15) is 0 Å². The summed E-state index contributed by atoms with van der Waals surface area (Å²) in [6.45, 7) is 1.24. The largest absolute Gasteiger partial charge is 0.345 e. The maximum Gasteiger partial charge on any atom is 0.256 e. The van der Waals surface area contributed by atoms with Gasteiger partial charge in [-0.05, 0) is 37.5 Å². The van der Waals surface area contributed by atoms with Crippen LogP contribution >= 0.6 is 0 Å². The maximum atomic E-state index is 14.1. The zero-order valence-corrected chi connectivity index (χ0v) is 14.7. The molecule has 1 aromatic carbocycles. The molecule has 0 radical (unpaired) electrons. The van der Waals surface area contributed by atoms with Crippen LogP contribution in [0.25, 0.3) is 0 Å². The Kier molecular flexibility index (Phi) is 4.32. The SMILES string of the molecule is CN1CCC[C@]2(CCN(C(=O)c3cc(S(N)(=O)=O)ccc3F)C2)C1=O. The summed E-state index contributed by atoms with van der Waals surface area (Å²) in [5.41, 5.74) is -0.961. The van der Waals surface area contributed by atoms with Gasteiger partial charge in [-0.25, -0.2) is 17.9 Å². The second-order valence-corrected chi connectivity index (χ2v) is 8.34. The molecule has 2 aliphatic heterocycles. The van der Waals surface area contributed by atoms with Gasteiger partial charge >= 0.3 is 0 Å². The Morgan fingerprint density at radius 1 is 1.28 bits per heavy atom. The van der Waals surface area contributed by atoms with Crippen molar-refractivity contribution >= 4 is 21.8 Å². The van der Waals surface area contributed by atoms with Crippen LogP contribution < -0.4 is 5.14 Å². The Labute approximate surface area is 145 Å². The predicted molar refractivity (Wildman–Crippen MR) is 87.6 cm³/mol. The third-order valence-corrected chi connectivity index (χ3v) is 6.00. The van der Waals surface area contributed by atoms with Gasteiger partial charge in [0.25, 0.3) is 5.91 Å². The molecule has 0 unspecified atom stereocenters. The smallest absolute Gasteiger partial charge is 0.256 e. The fourth-order valence-corrected chi connectivity index (χ4v) is 4.25. The maximum absolute atomic E-state index is 14.1. The summed E-state index contributed by atoms with van der Waals surface area (Å²) in [6, 6.07) is 2.89. The van der Waals surface area contributed by atoms with Crippen LogP contribution in [0.15, 0.2) is 23.1 Å². The lowest BCUT2D eigenvalue weighted by Crippen LogP contribution is -2.48. The number of hydrogen-bond donors (Lipinski definition) is 1. The average molecular weight is 369 g/mol. The number of nitrogens with two attached hydrogens (primary N) is 1. The first-order valence-corrected chi connectivity index (χ1v) is 9.56. The van der Waals surface area contributed by atoms with Crippen molar-refractivity contribution in [1.29, 1.82) is 0 Å². The van der Waals surface area contributed by atoms with Crippen LogP contribution in [0.5, 0.6) is 0 Å². The molecule has 2 aliphatic rings. The van der Waals surface area contributed by atoms with Crippen LogP contribution in [-0.2, 0) is 14.8 Å². The summed E-state index contributed by atoms with van der Waals surface area (Å²) < 4.78 is 37.0. The molecule has 1 atom stereocenters. The Balaban J connectivity index is 1.87. The Bertz CT molecular complexity index is 842. The van der Waals surface area contributed by atoms with E-state index in [0.717, 1.165) is 24.6 Å². The molecular weight excluding hydrogens is 349 g/mol. The summed E-state index contributed by atoms with van der Waals surface area (Å²) in [4.78, 5) is 28.0. The van der Waals surface area contributed by atoms with E-state index in [1.807, 2.05) is 0 Å². The summed E-state index contributed by atoms with van der Waals surface area (Å²) in [5, 5.41) is 5.05. The number of sulfonamides is 1. The van der Waals surface area contributed by atoms with Crippen molar-refractivity contribution in [1.82, 2.24) is 9.80 Å². The number of hydrogen-bond acceptors (Lipinski definition) is 4. The second-order valence-electron chi connectivity index (χ2n) is 6.77. The van der Waals surface area contributed by atoms with Crippen molar-refractivity contribution in [3.05, 3.63) is 29.6 Å². The first-order valence-electron chi connectivity index (χ1n) is 8.01. The minimum atomic E-state index is -4.04. The number of carbonyl (C=O) groups is 2. The molecule has 0 bridgehead atoms. The van der Waals surface area contributed by atoms with E-state index in [1.54, 1.807) is 11.9 Å². The Hall–Kier alpha value is -2.00. The average Bonchev–Trinajstić information content (AvgIpc) is 2.96. The standard InChI is InChI=1S/C16H20FN3O4S/c1-19-7-2-5-16(15(19)22)6-8-20(10-16)14(21)12-9-11(25(18,23)24)3-4-13(12)17/h3-4,9H,2,5-8,10H2,1H3,(H2,18,23,24)/t16-/m1/s1. The lowest BCUT2D eigenvalue weighted by Gasteiger charge is -2.37. The van der Waals surface area contributed by atoms with Crippen molar-refractivity contribution in [2.24, 2.45) is 10.6 Å². The number of amides is 2. The number of primary sulfonamides is 1. The molecule has 2 saturated heterocycles. The van der Waals surface area contributed by atoms with E-state index in [2.05, 4.69) is 0 Å². The number of piperidine rings is 1. The van der Waals surface area contributed by atoms with Gasteiger partial charge in [0.05, 0.1) is 15.9 Å². The zero-order valence-electron chi connectivity index (χ0n) is 13.9. The predicted octanol–water partition coefficient (Wildman–Crippen LogP) is 0.558. The number of nitrogens with zero attached hydrogens (tertiary/aromatic N) is 2. The third-order valence-electron chi connectivity index (χ3n) is 5.09. The molecule has 7 nitrogen and oxygen atoms in total. The third kappa shape index (κ3) is 3.13.